The van der Waals surface area contributed by atoms with Crippen molar-refractivity contribution in [1.82, 2.24) is 9.78 Å². The number of hydrogen-bond acceptors (Lipinski definition) is 5. The number of benzene rings is 2. The second kappa shape index (κ2) is 9.93. The predicted molar refractivity (Wildman–Crippen MR) is 120 cm³/mol. The van der Waals surface area contributed by atoms with Crippen LogP contribution in [0.1, 0.15) is 17.0 Å². The maximum atomic E-state index is 12.1. The van der Waals surface area contributed by atoms with E-state index in [1.807, 2.05) is 73.3 Å². The summed E-state index contributed by atoms with van der Waals surface area (Å²) in [6, 6.07) is 17.2. The summed E-state index contributed by atoms with van der Waals surface area (Å²) < 4.78 is 6.89. The van der Waals surface area contributed by atoms with Gasteiger partial charge in [-0.2, -0.15) is 5.10 Å². The lowest BCUT2D eigenvalue weighted by molar-refractivity contribution is -0.142. The summed E-state index contributed by atoms with van der Waals surface area (Å²) in [7, 11) is 0. The van der Waals surface area contributed by atoms with Crippen LogP contribution in [0.25, 0.3) is 11.8 Å². The molecule has 0 radical (unpaired) electrons. The predicted octanol–water partition coefficient (Wildman–Crippen LogP) is 4.41. The number of aryl methyl sites for hydroxylation is 1. The molecule has 0 aliphatic carbocycles. The number of hydrogen-bond donors (Lipinski definition) is 1. The summed E-state index contributed by atoms with van der Waals surface area (Å²) in [4.78, 5) is 25.1. The largest absolute Gasteiger partial charge is 0.452 e. The highest BCUT2D eigenvalue weighted by atomic mass is 32.2. The number of carbonyl (C=O) groups is 2. The molecule has 0 atom stereocenters. The van der Waals surface area contributed by atoms with E-state index < -0.39 is 5.97 Å². The van der Waals surface area contributed by atoms with Gasteiger partial charge in [0.25, 0.3) is 5.91 Å². The summed E-state index contributed by atoms with van der Waals surface area (Å²) in [5.41, 5.74) is 4.16. The molecule has 1 aromatic heterocycles. The third-order valence-electron chi connectivity index (χ3n) is 4.43. The molecule has 6 nitrogen and oxygen atoms in total. The van der Waals surface area contributed by atoms with Crippen LogP contribution in [0.5, 0.6) is 0 Å². The minimum Gasteiger partial charge on any atom is -0.452 e. The van der Waals surface area contributed by atoms with Crippen LogP contribution in [0.3, 0.4) is 0 Å². The number of ether oxygens (including phenoxy) is 1. The number of esters is 1. The van der Waals surface area contributed by atoms with Crippen molar-refractivity contribution in [2.75, 3.05) is 18.2 Å². The van der Waals surface area contributed by atoms with Crippen molar-refractivity contribution in [3.05, 3.63) is 77.6 Å². The molecule has 3 aromatic rings. The van der Waals surface area contributed by atoms with E-state index in [1.54, 1.807) is 23.9 Å². The van der Waals surface area contributed by atoms with E-state index in [-0.39, 0.29) is 12.5 Å². The number of thioether (sulfide) groups is 1. The number of aromatic nitrogens is 2. The Morgan fingerprint density at radius 2 is 1.90 bits per heavy atom. The van der Waals surface area contributed by atoms with E-state index in [9.17, 15) is 9.59 Å². The summed E-state index contributed by atoms with van der Waals surface area (Å²) in [5, 5.41) is 7.26. The van der Waals surface area contributed by atoms with E-state index in [0.717, 1.165) is 27.5 Å². The molecule has 0 fully saturated rings. The second-order valence-electron chi connectivity index (χ2n) is 6.55. The third-order valence-corrected chi connectivity index (χ3v) is 5.16. The van der Waals surface area contributed by atoms with Gasteiger partial charge in [0.2, 0.25) is 0 Å². The standard InChI is InChI=1S/C23H23N3O3S/c1-16-21(17(2)26(25-16)19-9-5-4-6-10-19)12-13-23(28)29-15-22(27)24-18-8-7-11-20(14-18)30-3/h4-14H,15H2,1-3H3,(H,24,27)/b13-12+. The summed E-state index contributed by atoms with van der Waals surface area (Å²) in [6.07, 6.45) is 4.94. The van der Waals surface area contributed by atoms with E-state index in [4.69, 9.17) is 4.74 Å². The molecule has 1 amide bonds. The quantitative estimate of drug-likeness (QED) is 0.348. The van der Waals surface area contributed by atoms with E-state index in [0.29, 0.717) is 5.69 Å². The molecule has 0 aliphatic rings. The Balaban J connectivity index is 1.58. The number of rotatable bonds is 7. The Morgan fingerprint density at radius 1 is 1.13 bits per heavy atom. The van der Waals surface area contributed by atoms with Gasteiger partial charge in [-0.25, -0.2) is 9.48 Å². The lowest BCUT2D eigenvalue weighted by Crippen LogP contribution is -2.20. The number of para-hydroxylation sites is 1. The first kappa shape index (κ1) is 21.4. The van der Waals surface area contributed by atoms with Gasteiger partial charge in [-0.3, -0.25) is 4.79 Å². The Labute approximate surface area is 179 Å². The minimum absolute atomic E-state index is 0.353. The molecule has 154 valence electrons. The van der Waals surface area contributed by atoms with Gasteiger partial charge in [0.15, 0.2) is 6.61 Å². The molecule has 0 unspecified atom stereocenters. The van der Waals surface area contributed by atoms with E-state index >= 15 is 0 Å². The first-order chi connectivity index (χ1) is 14.5. The van der Waals surface area contributed by atoms with Crippen LogP contribution in [-0.4, -0.2) is 34.5 Å². The first-order valence-electron chi connectivity index (χ1n) is 9.38. The van der Waals surface area contributed by atoms with E-state index in [2.05, 4.69) is 10.4 Å². The lowest BCUT2D eigenvalue weighted by atomic mass is 10.2. The average molecular weight is 422 g/mol. The van der Waals surface area contributed by atoms with Crippen LogP contribution >= 0.6 is 11.8 Å². The molecule has 7 heteroatoms. The Kier molecular flexibility index (Phi) is 7.08. The van der Waals surface area contributed by atoms with Gasteiger partial charge in [0, 0.05) is 27.9 Å². The van der Waals surface area contributed by atoms with Crippen molar-refractivity contribution in [1.29, 1.82) is 0 Å². The molecule has 0 saturated heterocycles. The van der Waals surface area contributed by atoms with Crippen LogP contribution in [0.4, 0.5) is 5.69 Å². The van der Waals surface area contributed by atoms with Crippen molar-refractivity contribution in [2.24, 2.45) is 0 Å². The van der Waals surface area contributed by atoms with Gasteiger partial charge >= 0.3 is 5.97 Å². The first-order valence-corrected chi connectivity index (χ1v) is 10.6. The third kappa shape index (κ3) is 5.39. The zero-order chi connectivity index (χ0) is 21.5. The van der Waals surface area contributed by atoms with Crippen molar-refractivity contribution < 1.29 is 14.3 Å². The van der Waals surface area contributed by atoms with E-state index in [1.165, 1.54) is 6.08 Å². The Morgan fingerprint density at radius 3 is 2.63 bits per heavy atom. The zero-order valence-electron chi connectivity index (χ0n) is 17.1. The number of amides is 1. The molecule has 3 rings (SSSR count). The number of anilines is 1. The molecule has 0 aliphatic heterocycles. The highest BCUT2D eigenvalue weighted by molar-refractivity contribution is 7.98. The summed E-state index contributed by atoms with van der Waals surface area (Å²) in [6.45, 7) is 3.47. The van der Waals surface area contributed by atoms with Gasteiger partial charge in [-0.1, -0.05) is 24.3 Å². The van der Waals surface area contributed by atoms with Crippen molar-refractivity contribution >= 4 is 35.4 Å². The number of carbonyl (C=O) groups excluding carboxylic acids is 2. The maximum absolute atomic E-state index is 12.1. The summed E-state index contributed by atoms with van der Waals surface area (Å²) in [5.74, 6) is -0.978. The molecular formula is C23H23N3O3S. The second-order valence-corrected chi connectivity index (χ2v) is 7.43. The fraction of sp³-hybridized carbons (Fsp3) is 0.174. The van der Waals surface area contributed by atoms with Crippen molar-refractivity contribution in [3.8, 4) is 5.69 Å². The molecule has 30 heavy (non-hydrogen) atoms. The van der Waals surface area contributed by atoms with Gasteiger partial charge < -0.3 is 10.1 Å². The molecular weight excluding hydrogens is 398 g/mol. The number of nitrogens with one attached hydrogen (secondary N) is 1. The van der Waals surface area contributed by atoms with Gasteiger partial charge in [0.05, 0.1) is 11.4 Å². The van der Waals surface area contributed by atoms with Crippen molar-refractivity contribution in [2.45, 2.75) is 18.7 Å². The van der Waals surface area contributed by atoms with Gasteiger partial charge in [-0.15, -0.1) is 11.8 Å². The fourth-order valence-corrected chi connectivity index (χ4v) is 3.41. The van der Waals surface area contributed by atoms with Crippen molar-refractivity contribution in [3.63, 3.8) is 0 Å². The average Bonchev–Trinajstić information content (AvgIpc) is 3.05. The molecule has 0 spiro atoms. The smallest absolute Gasteiger partial charge is 0.331 e. The van der Waals surface area contributed by atoms with Gasteiger partial charge in [0.1, 0.15) is 0 Å². The van der Waals surface area contributed by atoms with Crippen LogP contribution in [-0.2, 0) is 14.3 Å². The normalized spacial score (nSPS) is 10.9. The molecule has 0 saturated carbocycles. The SMILES string of the molecule is CSc1cccc(NC(=O)COC(=O)/C=C/c2c(C)nn(-c3ccccc3)c2C)c1. The highest BCUT2D eigenvalue weighted by Crippen LogP contribution is 2.20. The molecule has 2 aromatic carbocycles. The molecule has 1 N–H and O–H groups in total. The lowest BCUT2D eigenvalue weighted by Gasteiger charge is -2.06. The summed E-state index contributed by atoms with van der Waals surface area (Å²) >= 11 is 1.58. The number of nitrogens with zero attached hydrogens (tertiary/aromatic N) is 2. The molecule has 1 heterocycles. The minimum atomic E-state index is -0.589. The Hall–Kier alpha value is -3.32. The van der Waals surface area contributed by atoms with Crippen LogP contribution in [0, 0.1) is 13.8 Å². The zero-order valence-corrected chi connectivity index (χ0v) is 17.9. The van der Waals surface area contributed by atoms with Crippen LogP contribution in [0.15, 0.2) is 65.6 Å². The topological polar surface area (TPSA) is 73.2 Å². The van der Waals surface area contributed by atoms with Gasteiger partial charge in [-0.05, 0) is 56.5 Å². The molecule has 0 bridgehead atoms. The van der Waals surface area contributed by atoms with Crippen LogP contribution < -0.4 is 5.32 Å². The monoisotopic (exact) mass is 421 g/mol. The highest BCUT2D eigenvalue weighted by Gasteiger charge is 2.11. The fourth-order valence-electron chi connectivity index (χ4n) is 2.95. The van der Waals surface area contributed by atoms with Crippen LogP contribution in [0.2, 0.25) is 0 Å². The Bertz CT molecular complexity index is 1070. The maximum Gasteiger partial charge on any atom is 0.331 e.